The van der Waals surface area contributed by atoms with Crippen LogP contribution in [0, 0.1) is 0 Å². The summed E-state index contributed by atoms with van der Waals surface area (Å²) >= 11 is 6.26. The Morgan fingerprint density at radius 3 is 2.70 bits per heavy atom. The van der Waals surface area contributed by atoms with E-state index < -0.39 is 39.8 Å². The van der Waals surface area contributed by atoms with E-state index in [1.165, 1.54) is 17.0 Å². The molecule has 0 spiro atoms. The molecule has 3 nitrogen and oxygen atoms in total. The minimum absolute atomic E-state index is 0.240. The Labute approximate surface area is 138 Å². The van der Waals surface area contributed by atoms with Crippen molar-refractivity contribution in [2.45, 2.75) is 24.4 Å². The van der Waals surface area contributed by atoms with Crippen LogP contribution in [0.15, 0.2) is 39.7 Å². The summed E-state index contributed by atoms with van der Waals surface area (Å²) in [5, 5.41) is 0. The summed E-state index contributed by atoms with van der Waals surface area (Å²) in [6, 6.07) is 4.70. The molecular weight excluding hydrogens is 356 g/mol. The molecule has 1 heterocycles. The van der Waals surface area contributed by atoms with Crippen molar-refractivity contribution in [3.8, 4) is 0 Å². The minimum atomic E-state index is -4.47. The monoisotopic (exact) mass is 368 g/mol. The van der Waals surface area contributed by atoms with Crippen LogP contribution in [0.3, 0.4) is 0 Å². The Morgan fingerprint density at radius 1 is 1.43 bits per heavy atom. The Morgan fingerprint density at radius 2 is 2.13 bits per heavy atom. The second-order valence-corrected chi connectivity index (χ2v) is 7.08. The van der Waals surface area contributed by atoms with Gasteiger partial charge in [0, 0.05) is 16.8 Å². The summed E-state index contributed by atoms with van der Waals surface area (Å²) in [7, 11) is -1.09. The van der Waals surface area contributed by atoms with Crippen LogP contribution in [0.1, 0.15) is 18.9 Å². The molecule has 0 aromatic heterocycles. The first-order valence-corrected chi connectivity index (χ1v) is 8.30. The van der Waals surface area contributed by atoms with Gasteiger partial charge < -0.3 is 4.90 Å². The molecule has 9 heteroatoms. The van der Waals surface area contributed by atoms with Crippen molar-refractivity contribution in [1.29, 1.82) is 0 Å². The van der Waals surface area contributed by atoms with Crippen LogP contribution in [0.5, 0.6) is 0 Å². The minimum Gasteiger partial charge on any atom is -0.321 e. The lowest BCUT2D eigenvalue weighted by Gasteiger charge is -2.21. The third kappa shape index (κ3) is 3.92. The Bertz CT molecular complexity index is 675. The summed E-state index contributed by atoms with van der Waals surface area (Å²) in [5.74, 6) is -0.927. The zero-order valence-corrected chi connectivity index (χ0v) is 13.6. The van der Waals surface area contributed by atoms with Gasteiger partial charge in [0.1, 0.15) is 0 Å². The molecule has 0 aliphatic carbocycles. The standard InChI is InChI=1S/C14H13ClF4N2OS/c1-2-11-8-21(13(15)23(11)20-12(22)7-16)10-5-3-4-9(6-10)14(17,18)19/h3-6,8,13H,2,7H2,1H3. The number of alkyl halides is 5. The first-order chi connectivity index (χ1) is 10.8. The molecule has 1 aliphatic rings. The van der Waals surface area contributed by atoms with E-state index in [9.17, 15) is 22.4 Å². The first-order valence-electron chi connectivity index (χ1n) is 6.62. The van der Waals surface area contributed by atoms with Crippen molar-refractivity contribution in [3.63, 3.8) is 0 Å². The van der Waals surface area contributed by atoms with E-state index in [-0.39, 0.29) is 5.69 Å². The third-order valence-electron chi connectivity index (χ3n) is 3.09. The second-order valence-electron chi connectivity index (χ2n) is 4.63. The number of carbonyl (C=O) groups excluding carboxylic acids is 1. The highest BCUT2D eigenvalue weighted by Gasteiger charge is 2.33. The molecule has 2 atom stereocenters. The number of benzene rings is 1. The number of nitrogens with zero attached hydrogens (tertiary/aromatic N) is 2. The van der Waals surface area contributed by atoms with Crippen molar-refractivity contribution in [3.05, 3.63) is 40.9 Å². The molecule has 23 heavy (non-hydrogen) atoms. The van der Waals surface area contributed by atoms with Gasteiger partial charge in [-0.05, 0) is 35.3 Å². The largest absolute Gasteiger partial charge is 0.416 e. The predicted molar refractivity (Wildman–Crippen MR) is 82.7 cm³/mol. The van der Waals surface area contributed by atoms with E-state index in [2.05, 4.69) is 4.36 Å². The molecule has 1 aromatic rings. The third-order valence-corrected chi connectivity index (χ3v) is 5.73. The van der Waals surface area contributed by atoms with Gasteiger partial charge in [-0.1, -0.05) is 24.6 Å². The summed E-state index contributed by atoms with van der Waals surface area (Å²) in [5.41, 5.74) is -0.558. The maximum absolute atomic E-state index is 12.8. The summed E-state index contributed by atoms with van der Waals surface area (Å²) in [6.45, 7) is 0.578. The van der Waals surface area contributed by atoms with Crippen molar-refractivity contribution < 1.29 is 22.4 Å². The molecule has 0 bridgehead atoms. The lowest BCUT2D eigenvalue weighted by Crippen LogP contribution is -2.24. The van der Waals surface area contributed by atoms with Gasteiger partial charge >= 0.3 is 6.18 Å². The molecule has 0 N–H and O–H groups in total. The summed E-state index contributed by atoms with van der Waals surface area (Å²) in [6.07, 6.45) is -2.39. The van der Waals surface area contributed by atoms with E-state index in [0.717, 1.165) is 12.1 Å². The maximum Gasteiger partial charge on any atom is 0.416 e. The van der Waals surface area contributed by atoms with Crippen molar-refractivity contribution in [2.24, 2.45) is 4.36 Å². The van der Waals surface area contributed by atoms with E-state index in [4.69, 9.17) is 11.6 Å². The predicted octanol–water partition coefficient (Wildman–Crippen LogP) is 4.60. The SMILES string of the molecule is CCC1=CN(c2cccc(C(F)(F)F)c2)C(Cl)S1=NC(=O)CF. The van der Waals surface area contributed by atoms with Crippen molar-refractivity contribution in [2.75, 3.05) is 11.6 Å². The van der Waals surface area contributed by atoms with Gasteiger partial charge in [-0.2, -0.15) is 17.5 Å². The normalized spacial score (nSPS) is 21.7. The fourth-order valence-electron chi connectivity index (χ4n) is 2.01. The number of allylic oxidation sites excluding steroid dienone is 1. The molecule has 126 valence electrons. The van der Waals surface area contributed by atoms with Gasteiger partial charge in [0.25, 0.3) is 5.91 Å². The highest BCUT2D eigenvalue weighted by Crippen LogP contribution is 2.37. The molecule has 0 saturated heterocycles. The van der Waals surface area contributed by atoms with Crippen molar-refractivity contribution >= 4 is 33.9 Å². The molecule has 2 unspecified atom stereocenters. The van der Waals surface area contributed by atoms with Crippen LogP contribution in [-0.2, 0) is 21.7 Å². The number of amides is 1. The second kappa shape index (κ2) is 7.00. The van der Waals surface area contributed by atoms with Gasteiger partial charge in [-0.3, -0.25) is 4.79 Å². The fraction of sp³-hybridized carbons (Fsp3) is 0.357. The van der Waals surface area contributed by atoms with Gasteiger partial charge in [-0.15, -0.1) is 0 Å². The molecule has 1 amide bonds. The molecule has 2 rings (SSSR count). The number of halogens is 5. The summed E-state index contributed by atoms with van der Waals surface area (Å²) < 4.78 is 54.5. The van der Waals surface area contributed by atoms with Gasteiger partial charge in [0.05, 0.1) is 5.56 Å². The average Bonchev–Trinajstić information content (AvgIpc) is 2.83. The van der Waals surface area contributed by atoms with Gasteiger partial charge in [-0.25, -0.2) is 4.39 Å². The van der Waals surface area contributed by atoms with E-state index in [1.807, 2.05) is 0 Å². The molecule has 1 aliphatic heterocycles. The van der Waals surface area contributed by atoms with E-state index in [0.29, 0.717) is 11.3 Å². The molecule has 0 fully saturated rings. The van der Waals surface area contributed by atoms with Crippen LogP contribution in [-0.4, -0.2) is 17.4 Å². The topological polar surface area (TPSA) is 32.7 Å². The average molecular weight is 369 g/mol. The van der Waals surface area contributed by atoms with Crippen LogP contribution in [0.2, 0.25) is 0 Å². The molecule has 1 aromatic carbocycles. The van der Waals surface area contributed by atoms with E-state index >= 15 is 0 Å². The number of carbonyl (C=O) groups is 1. The summed E-state index contributed by atoms with van der Waals surface area (Å²) in [4.78, 5) is 12.5. The smallest absolute Gasteiger partial charge is 0.321 e. The van der Waals surface area contributed by atoms with Gasteiger partial charge in [0.15, 0.2) is 11.5 Å². The quantitative estimate of drug-likeness (QED) is 0.444. The zero-order chi connectivity index (χ0) is 17.2. The van der Waals surface area contributed by atoms with Crippen LogP contribution in [0.25, 0.3) is 0 Å². The Balaban J connectivity index is 2.40. The zero-order valence-electron chi connectivity index (χ0n) is 12.0. The number of hydrogen-bond acceptors (Lipinski definition) is 2. The van der Waals surface area contributed by atoms with Gasteiger partial charge in [0.2, 0.25) is 0 Å². The highest BCUT2D eigenvalue weighted by molar-refractivity contribution is 7.93. The highest BCUT2D eigenvalue weighted by atomic mass is 35.5. The van der Waals surface area contributed by atoms with Crippen LogP contribution < -0.4 is 4.90 Å². The van der Waals surface area contributed by atoms with E-state index in [1.54, 1.807) is 13.1 Å². The maximum atomic E-state index is 12.8. The Hall–Kier alpha value is -1.41. The first kappa shape index (κ1) is 17.9. The van der Waals surface area contributed by atoms with Crippen LogP contribution >= 0.6 is 11.6 Å². The fourth-order valence-corrected chi connectivity index (χ4v) is 4.28. The lowest BCUT2D eigenvalue weighted by atomic mass is 10.2. The Kier molecular flexibility index (Phi) is 5.46. The van der Waals surface area contributed by atoms with Crippen LogP contribution in [0.4, 0.5) is 23.2 Å². The lowest BCUT2D eigenvalue weighted by molar-refractivity contribution is -0.137. The molecule has 0 saturated carbocycles. The number of anilines is 1. The molecular formula is C14H13ClF4N2OS. The molecule has 0 radical (unpaired) electrons. The number of hydrogen-bond donors (Lipinski definition) is 0. The number of rotatable bonds is 3. The van der Waals surface area contributed by atoms with Crippen molar-refractivity contribution in [1.82, 2.24) is 0 Å².